The molecule has 5 rings (SSSR count). The van der Waals surface area contributed by atoms with E-state index in [-0.39, 0.29) is 30.8 Å². The molecule has 1 fully saturated rings. The summed E-state index contributed by atoms with van der Waals surface area (Å²) in [4.78, 5) is 53.1. The lowest BCUT2D eigenvalue weighted by molar-refractivity contribution is -0.136. The third-order valence-electron chi connectivity index (χ3n) is 6.96. The monoisotopic (exact) mass is 446 g/mol. The van der Waals surface area contributed by atoms with Gasteiger partial charge in [0.05, 0.1) is 23.2 Å². The predicted octanol–water partition coefficient (Wildman–Crippen LogP) is 1.80. The van der Waals surface area contributed by atoms with Crippen molar-refractivity contribution in [2.45, 2.75) is 44.3 Å². The Labute approximate surface area is 191 Å². The van der Waals surface area contributed by atoms with Crippen LogP contribution >= 0.6 is 0 Å². The van der Waals surface area contributed by atoms with E-state index in [4.69, 9.17) is 0 Å². The van der Waals surface area contributed by atoms with Crippen molar-refractivity contribution in [3.8, 4) is 0 Å². The molecule has 8 heteroatoms. The minimum absolute atomic E-state index is 0.103. The molecule has 1 saturated heterocycles. The summed E-state index contributed by atoms with van der Waals surface area (Å²) in [6.07, 6.45) is 1.12. The highest BCUT2D eigenvalue weighted by atomic mass is 16.2. The standard InChI is InChI=1S/C25H26N4O4/c1-3-26-22-16-7-5-4-6-14(16)12-20(22)28(2)15-8-9-17-18(13-15)25(33)29(24(17)32)19-10-11-21(30)27-23(19)31/h4-9,13,19-20,22,26H,3,10-12H2,1-2H3,(H,27,30,31)/t19?,20-,22+/m1/s1. The van der Waals surface area contributed by atoms with Crippen LogP contribution in [-0.4, -0.2) is 54.2 Å². The van der Waals surface area contributed by atoms with Crippen LogP contribution < -0.4 is 15.5 Å². The molecule has 33 heavy (non-hydrogen) atoms. The van der Waals surface area contributed by atoms with Gasteiger partial charge in [-0.05, 0) is 48.7 Å². The zero-order chi connectivity index (χ0) is 23.3. The number of amides is 4. The van der Waals surface area contributed by atoms with Crippen LogP contribution in [0.1, 0.15) is 57.7 Å². The van der Waals surface area contributed by atoms with E-state index in [1.165, 1.54) is 11.1 Å². The van der Waals surface area contributed by atoms with Crippen LogP contribution in [-0.2, 0) is 16.0 Å². The molecule has 0 bridgehead atoms. The molecule has 1 aliphatic carbocycles. The minimum Gasteiger partial charge on any atom is -0.369 e. The van der Waals surface area contributed by atoms with E-state index >= 15 is 0 Å². The van der Waals surface area contributed by atoms with Crippen LogP contribution in [0.5, 0.6) is 0 Å². The van der Waals surface area contributed by atoms with Gasteiger partial charge in [-0.15, -0.1) is 0 Å². The van der Waals surface area contributed by atoms with Crippen molar-refractivity contribution in [1.29, 1.82) is 0 Å². The Hall–Kier alpha value is -3.52. The highest BCUT2D eigenvalue weighted by Gasteiger charge is 2.45. The Bertz CT molecular complexity index is 1180. The van der Waals surface area contributed by atoms with Crippen LogP contribution in [0.3, 0.4) is 0 Å². The van der Waals surface area contributed by atoms with Crippen molar-refractivity contribution in [2.24, 2.45) is 0 Å². The van der Waals surface area contributed by atoms with E-state index in [1.54, 1.807) is 12.1 Å². The average molecular weight is 447 g/mol. The second-order valence-electron chi connectivity index (χ2n) is 8.79. The number of benzene rings is 2. The van der Waals surface area contributed by atoms with Crippen molar-refractivity contribution in [3.63, 3.8) is 0 Å². The van der Waals surface area contributed by atoms with E-state index in [2.05, 4.69) is 40.7 Å². The fourth-order valence-corrected chi connectivity index (χ4v) is 5.27. The van der Waals surface area contributed by atoms with Gasteiger partial charge >= 0.3 is 0 Å². The summed E-state index contributed by atoms with van der Waals surface area (Å²) >= 11 is 0. The number of hydrogen-bond donors (Lipinski definition) is 2. The van der Waals surface area contributed by atoms with E-state index in [9.17, 15) is 19.2 Å². The number of carbonyl (C=O) groups excluding carboxylic acids is 4. The second-order valence-corrected chi connectivity index (χ2v) is 8.79. The lowest BCUT2D eigenvalue weighted by Gasteiger charge is -2.32. The lowest BCUT2D eigenvalue weighted by atomic mass is 10.0. The maximum atomic E-state index is 13.2. The molecule has 4 amide bonds. The third kappa shape index (κ3) is 3.41. The number of fused-ring (bicyclic) bond motifs is 2. The van der Waals surface area contributed by atoms with Gasteiger partial charge in [-0.2, -0.15) is 0 Å². The van der Waals surface area contributed by atoms with Crippen LogP contribution in [0.2, 0.25) is 0 Å². The maximum Gasteiger partial charge on any atom is 0.262 e. The molecule has 2 N–H and O–H groups in total. The first-order valence-electron chi connectivity index (χ1n) is 11.3. The quantitative estimate of drug-likeness (QED) is 0.680. The average Bonchev–Trinajstić information content (AvgIpc) is 3.29. The molecule has 0 spiro atoms. The molecule has 3 atom stereocenters. The summed E-state index contributed by atoms with van der Waals surface area (Å²) in [5, 5.41) is 5.81. The van der Waals surface area contributed by atoms with E-state index in [1.807, 2.05) is 19.2 Å². The van der Waals surface area contributed by atoms with Gasteiger partial charge in [0.2, 0.25) is 11.8 Å². The summed E-state index contributed by atoms with van der Waals surface area (Å²) in [6, 6.07) is 13.0. The number of carbonyl (C=O) groups is 4. The molecule has 2 aromatic rings. The number of nitrogens with one attached hydrogen (secondary N) is 2. The van der Waals surface area contributed by atoms with Crippen LogP contribution in [0.4, 0.5) is 5.69 Å². The molecule has 0 radical (unpaired) electrons. The zero-order valence-corrected chi connectivity index (χ0v) is 18.6. The predicted molar refractivity (Wildman–Crippen MR) is 122 cm³/mol. The highest BCUT2D eigenvalue weighted by molar-refractivity contribution is 6.23. The van der Waals surface area contributed by atoms with Gasteiger partial charge in [0.25, 0.3) is 11.8 Å². The number of imide groups is 2. The Morgan fingerprint density at radius 3 is 2.58 bits per heavy atom. The molecule has 8 nitrogen and oxygen atoms in total. The van der Waals surface area contributed by atoms with Crippen LogP contribution in [0, 0.1) is 0 Å². The first kappa shape index (κ1) is 21.3. The van der Waals surface area contributed by atoms with Gasteiger partial charge in [-0.1, -0.05) is 31.2 Å². The number of anilines is 1. The Kier molecular flexibility index (Phi) is 5.25. The van der Waals surface area contributed by atoms with Gasteiger partial charge in [-0.25, -0.2) is 0 Å². The summed E-state index contributed by atoms with van der Waals surface area (Å²) in [7, 11) is 2.00. The smallest absolute Gasteiger partial charge is 0.262 e. The normalized spacial score (nSPS) is 24.1. The van der Waals surface area contributed by atoms with Crippen LogP contribution in [0.15, 0.2) is 42.5 Å². The molecular weight excluding hydrogens is 420 g/mol. The van der Waals surface area contributed by atoms with E-state index in [0.717, 1.165) is 23.6 Å². The SMILES string of the molecule is CCN[C@H]1c2ccccc2C[C@H]1N(C)c1ccc2c(c1)C(=O)N(C1CCC(=O)NC1=O)C2=O. The van der Waals surface area contributed by atoms with Gasteiger partial charge in [-0.3, -0.25) is 29.4 Å². The van der Waals surface area contributed by atoms with Crippen molar-refractivity contribution in [3.05, 3.63) is 64.7 Å². The second kappa shape index (κ2) is 8.12. The summed E-state index contributed by atoms with van der Waals surface area (Å²) in [6.45, 7) is 2.92. The van der Waals surface area contributed by atoms with Crippen molar-refractivity contribution >= 4 is 29.3 Å². The number of nitrogens with zero attached hydrogens (tertiary/aromatic N) is 2. The molecular formula is C25H26N4O4. The third-order valence-corrected chi connectivity index (χ3v) is 6.96. The molecule has 2 heterocycles. The maximum absolute atomic E-state index is 13.2. The molecule has 170 valence electrons. The summed E-state index contributed by atoms with van der Waals surface area (Å²) in [5.41, 5.74) is 4.01. The van der Waals surface area contributed by atoms with Crippen molar-refractivity contribution < 1.29 is 19.2 Å². The molecule has 3 aliphatic rings. The summed E-state index contributed by atoms with van der Waals surface area (Å²) < 4.78 is 0. The van der Waals surface area contributed by atoms with Crippen molar-refractivity contribution in [2.75, 3.05) is 18.5 Å². The Morgan fingerprint density at radius 2 is 1.82 bits per heavy atom. The topological polar surface area (TPSA) is 98.8 Å². The highest BCUT2D eigenvalue weighted by Crippen LogP contribution is 2.37. The first-order chi connectivity index (χ1) is 15.9. The molecule has 2 aromatic carbocycles. The van der Waals surface area contributed by atoms with Gasteiger partial charge in [0.1, 0.15) is 6.04 Å². The lowest BCUT2D eigenvalue weighted by Crippen LogP contribution is -2.54. The fourth-order valence-electron chi connectivity index (χ4n) is 5.27. The van der Waals surface area contributed by atoms with E-state index in [0.29, 0.717) is 11.1 Å². The fraction of sp³-hybridized carbons (Fsp3) is 0.360. The molecule has 0 aromatic heterocycles. The molecule has 0 saturated carbocycles. The number of likely N-dealkylation sites (N-methyl/N-ethyl adjacent to an activating group) is 2. The summed E-state index contributed by atoms with van der Waals surface area (Å²) in [5.74, 6) is -1.96. The van der Waals surface area contributed by atoms with Crippen LogP contribution in [0.25, 0.3) is 0 Å². The number of rotatable bonds is 5. The Balaban J connectivity index is 1.43. The molecule has 1 unspecified atom stereocenters. The zero-order valence-electron chi connectivity index (χ0n) is 18.6. The van der Waals surface area contributed by atoms with Gasteiger partial charge < -0.3 is 10.2 Å². The minimum atomic E-state index is -0.959. The number of piperidine rings is 1. The van der Waals surface area contributed by atoms with Gasteiger partial charge in [0, 0.05) is 19.2 Å². The van der Waals surface area contributed by atoms with E-state index < -0.39 is 23.8 Å². The molecule has 2 aliphatic heterocycles. The van der Waals surface area contributed by atoms with Gasteiger partial charge in [0.15, 0.2) is 0 Å². The first-order valence-corrected chi connectivity index (χ1v) is 11.3. The number of hydrogen-bond acceptors (Lipinski definition) is 6. The Morgan fingerprint density at radius 1 is 1.06 bits per heavy atom. The largest absolute Gasteiger partial charge is 0.369 e. The van der Waals surface area contributed by atoms with Crippen molar-refractivity contribution in [1.82, 2.24) is 15.5 Å².